The standard InChI is InChI=1S/C20H23N5OS/c1-14-11-19(23-17-12-15(27-2)6-7-16(14)17)25-18(21-13-22-25)8-10-24-9-4-3-5-20(24)26/h6-7,11-13H,3-5,8-10H2,1-2H3. The van der Waals surface area contributed by atoms with E-state index in [0.29, 0.717) is 19.4 Å². The van der Waals surface area contributed by atoms with E-state index in [2.05, 4.69) is 41.5 Å². The number of aryl methyl sites for hydroxylation is 1. The van der Waals surface area contributed by atoms with Gasteiger partial charge in [0.2, 0.25) is 5.91 Å². The Balaban J connectivity index is 1.62. The van der Waals surface area contributed by atoms with E-state index >= 15 is 0 Å². The van der Waals surface area contributed by atoms with Crippen molar-refractivity contribution in [3.63, 3.8) is 0 Å². The van der Waals surface area contributed by atoms with Gasteiger partial charge in [-0.2, -0.15) is 9.78 Å². The van der Waals surface area contributed by atoms with Crippen molar-refractivity contribution < 1.29 is 4.79 Å². The van der Waals surface area contributed by atoms with Crippen LogP contribution in [0.4, 0.5) is 0 Å². The number of benzene rings is 1. The Morgan fingerprint density at radius 2 is 2.11 bits per heavy atom. The molecule has 0 radical (unpaired) electrons. The second-order valence-corrected chi connectivity index (χ2v) is 7.74. The summed E-state index contributed by atoms with van der Waals surface area (Å²) in [5, 5.41) is 5.54. The highest BCUT2D eigenvalue weighted by Crippen LogP contribution is 2.25. The van der Waals surface area contributed by atoms with Gasteiger partial charge in [0.15, 0.2) is 5.82 Å². The molecule has 0 N–H and O–H groups in total. The lowest BCUT2D eigenvalue weighted by Gasteiger charge is -2.26. The number of thioether (sulfide) groups is 1. The summed E-state index contributed by atoms with van der Waals surface area (Å²) in [4.78, 5) is 24.4. The van der Waals surface area contributed by atoms with Gasteiger partial charge in [0, 0.05) is 36.2 Å². The molecule has 0 saturated carbocycles. The monoisotopic (exact) mass is 381 g/mol. The first-order valence-corrected chi connectivity index (χ1v) is 10.5. The molecule has 7 heteroatoms. The molecule has 1 fully saturated rings. The summed E-state index contributed by atoms with van der Waals surface area (Å²) in [5.74, 6) is 1.85. The molecule has 0 spiro atoms. The molecule has 0 bridgehead atoms. The number of carbonyl (C=O) groups is 1. The van der Waals surface area contributed by atoms with Gasteiger partial charge in [0.05, 0.1) is 5.52 Å². The largest absolute Gasteiger partial charge is 0.342 e. The topological polar surface area (TPSA) is 63.9 Å². The molecule has 1 aliphatic rings. The van der Waals surface area contributed by atoms with E-state index in [-0.39, 0.29) is 5.91 Å². The number of amides is 1. The van der Waals surface area contributed by atoms with E-state index in [1.807, 2.05) is 11.0 Å². The fourth-order valence-electron chi connectivity index (χ4n) is 3.56. The number of likely N-dealkylation sites (tertiary alicyclic amines) is 1. The molecule has 1 saturated heterocycles. The summed E-state index contributed by atoms with van der Waals surface area (Å²) >= 11 is 1.71. The molecule has 6 nitrogen and oxygen atoms in total. The fraction of sp³-hybridized carbons (Fsp3) is 0.400. The maximum absolute atomic E-state index is 12.0. The SMILES string of the molecule is CSc1ccc2c(C)cc(-n3ncnc3CCN3CCCCC3=O)nc2c1. The molecule has 27 heavy (non-hydrogen) atoms. The lowest BCUT2D eigenvalue weighted by atomic mass is 10.1. The minimum absolute atomic E-state index is 0.247. The van der Waals surface area contributed by atoms with Crippen LogP contribution in [0.25, 0.3) is 16.7 Å². The first-order chi connectivity index (χ1) is 13.2. The van der Waals surface area contributed by atoms with E-state index < -0.39 is 0 Å². The van der Waals surface area contributed by atoms with Crippen LogP contribution in [-0.4, -0.2) is 49.9 Å². The molecule has 0 aliphatic carbocycles. The van der Waals surface area contributed by atoms with Gasteiger partial charge in [-0.05, 0) is 49.8 Å². The zero-order valence-electron chi connectivity index (χ0n) is 15.7. The Labute approximate surface area is 163 Å². The van der Waals surface area contributed by atoms with Gasteiger partial charge >= 0.3 is 0 Å². The van der Waals surface area contributed by atoms with Gasteiger partial charge in [0.25, 0.3) is 0 Å². The molecular weight excluding hydrogens is 358 g/mol. The van der Waals surface area contributed by atoms with Crippen molar-refractivity contribution in [2.45, 2.75) is 37.5 Å². The fourth-order valence-corrected chi connectivity index (χ4v) is 3.99. The highest BCUT2D eigenvalue weighted by atomic mass is 32.2. The number of hydrogen-bond donors (Lipinski definition) is 0. The van der Waals surface area contributed by atoms with Gasteiger partial charge in [-0.3, -0.25) is 4.79 Å². The summed E-state index contributed by atoms with van der Waals surface area (Å²) in [5.41, 5.74) is 2.12. The van der Waals surface area contributed by atoms with Crippen LogP contribution >= 0.6 is 11.8 Å². The molecule has 3 heterocycles. The third-order valence-corrected chi connectivity index (χ3v) is 5.80. The summed E-state index contributed by atoms with van der Waals surface area (Å²) in [6, 6.07) is 8.40. The Bertz CT molecular complexity index is 984. The molecule has 0 atom stereocenters. The van der Waals surface area contributed by atoms with Crippen LogP contribution in [0.5, 0.6) is 0 Å². The second-order valence-electron chi connectivity index (χ2n) is 6.86. The van der Waals surface area contributed by atoms with E-state index in [1.165, 1.54) is 4.90 Å². The lowest BCUT2D eigenvalue weighted by molar-refractivity contribution is -0.133. The molecule has 4 rings (SSSR count). The van der Waals surface area contributed by atoms with Gasteiger partial charge in [0.1, 0.15) is 12.2 Å². The lowest BCUT2D eigenvalue weighted by Crippen LogP contribution is -2.37. The van der Waals surface area contributed by atoms with Crippen LogP contribution in [0.1, 0.15) is 30.7 Å². The maximum Gasteiger partial charge on any atom is 0.222 e. The number of aromatic nitrogens is 4. The number of rotatable bonds is 5. The third-order valence-electron chi connectivity index (χ3n) is 5.07. The Hall–Kier alpha value is -2.41. The van der Waals surface area contributed by atoms with E-state index in [1.54, 1.807) is 22.8 Å². The first-order valence-electron chi connectivity index (χ1n) is 9.28. The van der Waals surface area contributed by atoms with Crippen molar-refractivity contribution in [2.24, 2.45) is 0 Å². The smallest absolute Gasteiger partial charge is 0.222 e. The summed E-state index contributed by atoms with van der Waals surface area (Å²) in [6.45, 7) is 3.62. The summed E-state index contributed by atoms with van der Waals surface area (Å²) in [6.07, 6.45) is 7.05. The molecule has 2 aromatic heterocycles. The Morgan fingerprint density at radius 3 is 2.93 bits per heavy atom. The van der Waals surface area contributed by atoms with Crippen molar-refractivity contribution in [3.05, 3.63) is 42.0 Å². The first kappa shape index (κ1) is 18.0. The predicted molar refractivity (Wildman–Crippen MR) is 107 cm³/mol. The van der Waals surface area contributed by atoms with Crippen LogP contribution in [0.2, 0.25) is 0 Å². The molecule has 0 unspecified atom stereocenters. The highest BCUT2D eigenvalue weighted by molar-refractivity contribution is 7.98. The molecular formula is C20H23N5OS. The minimum Gasteiger partial charge on any atom is -0.342 e. The van der Waals surface area contributed by atoms with Gasteiger partial charge in [-0.25, -0.2) is 9.97 Å². The minimum atomic E-state index is 0.247. The van der Waals surface area contributed by atoms with Crippen LogP contribution < -0.4 is 0 Å². The van der Waals surface area contributed by atoms with Crippen molar-refractivity contribution in [1.29, 1.82) is 0 Å². The van der Waals surface area contributed by atoms with Crippen LogP contribution in [0.3, 0.4) is 0 Å². The summed E-state index contributed by atoms with van der Waals surface area (Å²) < 4.78 is 1.80. The zero-order valence-corrected chi connectivity index (χ0v) is 16.5. The quantitative estimate of drug-likeness (QED) is 0.634. The highest BCUT2D eigenvalue weighted by Gasteiger charge is 2.19. The van der Waals surface area contributed by atoms with Crippen LogP contribution in [0.15, 0.2) is 35.5 Å². The van der Waals surface area contributed by atoms with Crippen LogP contribution in [-0.2, 0) is 11.2 Å². The van der Waals surface area contributed by atoms with Crippen molar-refractivity contribution in [1.82, 2.24) is 24.6 Å². The van der Waals surface area contributed by atoms with Crippen molar-refractivity contribution in [3.8, 4) is 5.82 Å². The predicted octanol–water partition coefficient (Wildman–Crippen LogP) is 3.40. The Kier molecular flexibility index (Phi) is 5.11. The number of fused-ring (bicyclic) bond motifs is 1. The van der Waals surface area contributed by atoms with E-state index in [9.17, 15) is 4.79 Å². The van der Waals surface area contributed by atoms with E-state index in [4.69, 9.17) is 4.98 Å². The van der Waals surface area contributed by atoms with Gasteiger partial charge < -0.3 is 4.90 Å². The Morgan fingerprint density at radius 1 is 1.22 bits per heavy atom. The average Bonchev–Trinajstić information content (AvgIpc) is 3.15. The third kappa shape index (κ3) is 3.69. The van der Waals surface area contributed by atoms with Gasteiger partial charge in [-0.1, -0.05) is 6.07 Å². The molecule has 1 aromatic carbocycles. The van der Waals surface area contributed by atoms with Crippen molar-refractivity contribution in [2.75, 3.05) is 19.3 Å². The number of nitrogens with zero attached hydrogens (tertiary/aromatic N) is 5. The number of piperidine rings is 1. The zero-order chi connectivity index (χ0) is 18.8. The molecule has 1 aliphatic heterocycles. The second kappa shape index (κ2) is 7.68. The summed E-state index contributed by atoms with van der Waals surface area (Å²) in [7, 11) is 0. The number of hydrogen-bond acceptors (Lipinski definition) is 5. The number of pyridine rings is 1. The van der Waals surface area contributed by atoms with Gasteiger partial charge in [-0.15, -0.1) is 11.8 Å². The average molecular weight is 382 g/mol. The van der Waals surface area contributed by atoms with E-state index in [0.717, 1.165) is 47.5 Å². The van der Waals surface area contributed by atoms with Crippen molar-refractivity contribution >= 4 is 28.6 Å². The van der Waals surface area contributed by atoms with Crippen LogP contribution in [0, 0.1) is 6.92 Å². The molecule has 1 amide bonds. The molecule has 140 valence electrons. The molecule has 3 aromatic rings. The normalized spacial score (nSPS) is 14.9. The maximum atomic E-state index is 12.0. The number of carbonyl (C=O) groups excluding carboxylic acids is 1.